The number of carbonyl (C=O) groups is 1. The van der Waals surface area contributed by atoms with E-state index in [0.717, 1.165) is 28.0 Å². The van der Waals surface area contributed by atoms with E-state index in [1.54, 1.807) is 30.5 Å². The van der Waals surface area contributed by atoms with Crippen LogP contribution in [0.25, 0.3) is 10.9 Å². The Morgan fingerprint density at radius 1 is 0.964 bits per heavy atom. The van der Waals surface area contributed by atoms with Crippen molar-refractivity contribution < 1.29 is 9.90 Å². The molecule has 0 aliphatic carbocycles. The fraction of sp³-hybridized carbons (Fsp3) is 0.0476. The minimum atomic E-state index is -0.959. The molecule has 0 amide bonds. The monoisotopic (exact) mass is 371 g/mol. The summed E-state index contributed by atoms with van der Waals surface area (Å²) >= 11 is 0. The van der Waals surface area contributed by atoms with Crippen LogP contribution >= 0.6 is 0 Å². The van der Waals surface area contributed by atoms with Gasteiger partial charge in [0, 0.05) is 29.0 Å². The number of rotatable bonds is 5. The van der Waals surface area contributed by atoms with Gasteiger partial charge in [-0.05, 0) is 43.3 Å². The summed E-state index contributed by atoms with van der Waals surface area (Å²) in [5.74, 6) is 0.0914. The molecule has 138 valence electrons. The van der Waals surface area contributed by atoms with Crippen LogP contribution in [0.15, 0.2) is 66.9 Å². The van der Waals surface area contributed by atoms with Crippen molar-refractivity contribution in [2.45, 2.75) is 6.92 Å². The fourth-order valence-corrected chi connectivity index (χ4v) is 2.86. The van der Waals surface area contributed by atoms with Crippen molar-refractivity contribution >= 4 is 40.0 Å². The Morgan fingerprint density at radius 3 is 2.54 bits per heavy atom. The number of para-hydroxylation sites is 1. The van der Waals surface area contributed by atoms with Crippen LogP contribution in [0.4, 0.5) is 23.1 Å². The van der Waals surface area contributed by atoms with Crippen LogP contribution in [0.3, 0.4) is 0 Å². The smallest absolute Gasteiger partial charge is 0.335 e. The van der Waals surface area contributed by atoms with E-state index in [4.69, 9.17) is 5.11 Å². The minimum Gasteiger partial charge on any atom is -0.478 e. The molecule has 2 aromatic heterocycles. The highest BCUT2D eigenvalue weighted by atomic mass is 16.4. The maximum absolute atomic E-state index is 11.0. The average Bonchev–Trinajstić information content (AvgIpc) is 2.68. The largest absolute Gasteiger partial charge is 0.478 e. The molecule has 0 bridgehead atoms. The first-order valence-electron chi connectivity index (χ1n) is 8.65. The molecule has 0 aliphatic heterocycles. The predicted octanol–water partition coefficient (Wildman–Crippen LogP) is 4.52. The first kappa shape index (κ1) is 17.4. The number of carboxylic acid groups (broad SMARTS) is 1. The molecule has 0 spiro atoms. The number of anilines is 4. The van der Waals surface area contributed by atoms with E-state index in [1.165, 1.54) is 0 Å². The topological polar surface area (TPSA) is 100 Å². The highest BCUT2D eigenvalue weighted by Gasteiger charge is 2.07. The molecular weight excluding hydrogens is 354 g/mol. The van der Waals surface area contributed by atoms with Crippen LogP contribution in [-0.4, -0.2) is 26.0 Å². The third kappa shape index (κ3) is 3.73. The Morgan fingerprint density at radius 2 is 1.75 bits per heavy atom. The van der Waals surface area contributed by atoms with E-state index in [2.05, 4.69) is 25.6 Å². The van der Waals surface area contributed by atoms with E-state index >= 15 is 0 Å². The highest BCUT2D eigenvalue weighted by molar-refractivity contribution is 5.91. The normalized spacial score (nSPS) is 10.6. The second kappa shape index (κ2) is 7.32. The second-order valence-corrected chi connectivity index (χ2v) is 6.23. The van der Waals surface area contributed by atoms with E-state index < -0.39 is 5.97 Å². The molecule has 0 saturated carbocycles. The van der Waals surface area contributed by atoms with E-state index in [0.29, 0.717) is 11.8 Å². The Labute approximate surface area is 161 Å². The van der Waals surface area contributed by atoms with Gasteiger partial charge in [-0.1, -0.05) is 18.2 Å². The summed E-state index contributed by atoms with van der Waals surface area (Å²) in [4.78, 5) is 24.4. The van der Waals surface area contributed by atoms with Crippen LogP contribution in [0.2, 0.25) is 0 Å². The Bertz CT molecular complexity index is 1150. The number of aromatic carboxylic acids is 1. The van der Waals surface area contributed by atoms with Gasteiger partial charge >= 0.3 is 5.97 Å². The average molecular weight is 371 g/mol. The lowest BCUT2D eigenvalue weighted by Gasteiger charge is -2.11. The third-order valence-corrected chi connectivity index (χ3v) is 4.14. The number of aryl methyl sites for hydroxylation is 1. The molecule has 28 heavy (non-hydrogen) atoms. The number of benzene rings is 2. The van der Waals surface area contributed by atoms with Crippen molar-refractivity contribution in [1.29, 1.82) is 0 Å². The van der Waals surface area contributed by atoms with Gasteiger partial charge in [-0.2, -0.15) is 4.98 Å². The zero-order chi connectivity index (χ0) is 19.5. The molecule has 4 rings (SSSR count). The van der Waals surface area contributed by atoms with Crippen molar-refractivity contribution in [3.63, 3.8) is 0 Å². The van der Waals surface area contributed by atoms with Gasteiger partial charge in [-0.15, -0.1) is 0 Å². The van der Waals surface area contributed by atoms with Gasteiger partial charge in [0.1, 0.15) is 5.82 Å². The number of hydrogen-bond acceptors (Lipinski definition) is 6. The molecule has 0 radical (unpaired) electrons. The number of hydrogen-bond donors (Lipinski definition) is 3. The Hall–Kier alpha value is -4.00. The molecule has 0 atom stereocenters. The molecule has 7 heteroatoms. The molecule has 0 aliphatic rings. The van der Waals surface area contributed by atoms with Gasteiger partial charge in [0.15, 0.2) is 0 Å². The number of nitrogens with zero attached hydrogens (tertiary/aromatic N) is 3. The quantitative estimate of drug-likeness (QED) is 0.474. The van der Waals surface area contributed by atoms with Crippen LogP contribution in [0, 0.1) is 6.92 Å². The van der Waals surface area contributed by atoms with E-state index in [-0.39, 0.29) is 5.56 Å². The first-order chi connectivity index (χ1) is 13.6. The molecule has 4 aromatic rings. The zero-order valence-electron chi connectivity index (χ0n) is 15.0. The number of nitrogens with one attached hydrogen (secondary N) is 2. The highest BCUT2D eigenvalue weighted by Crippen LogP contribution is 2.24. The minimum absolute atomic E-state index is 0.232. The van der Waals surface area contributed by atoms with Crippen LogP contribution in [0.5, 0.6) is 0 Å². The molecule has 2 aromatic carbocycles. The summed E-state index contributed by atoms with van der Waals surface area (Å²) in [7, 11) is 0. The Kier molecular flexibility index (Phi) is 4.55. The lowest BCUT2D eigenvalue weighted by atomic mass is 10.2. The summed E-state index contributed by atoms with van der Waals surface area (Å²) in [5, 5.41) is 16.4. The molecule has 3 N–H and O–H groups in total. The van der Waals surface area contributed by atoms with Crippen LogP contribution in [-0.2, 0) is 0 Å². The van der Waals surface area contributed by atoms with Crippen LogP contribution < -0.4 is 10.6 Å². The molecule has 0 fully saturated rings. The van der Waals surface area contributed by atoms with Crippen molar-refractivity contribution in [3.05, 3.63) is 78.1 Å². The molecule has 0 saturated heterocycles. The first-order valence-corrected chi connectivity index (χ1v) is 8.65. The summed E-state index contributed by atoms with van der Waals surface area (Å²) in [6, 6.07) is 18.1. The standard InChI is InChI=1S/C21H17N5O2/c1-13-12-18(24-16-9-7-15(8-10-16)20(27)28)26-21(23-13)25-17-6-2-4-14-5-3-11-22-19(14)17/h2-12H,1H3,(H,27,28)(H2,23,24,25,26). The van der Waals surface area contributed by atoms with Gasteiger partial charge in [0.2, 0.25) is 5.95 Å². The van der Waals surface area contributed by atoms with Crippen molar-refractivity contribution in [1.82, 2.24) is 15.0 Å². The summed E-state index contributed by atoms with van der Waals surface area (Å²) < 4.78 is 0. The Balaban J connectivity index is 1.61. The van der Waals surface area contributed by atoms with Gasteiger partial charge in [0.05, 0.1) is 16.8 Å². The molecule has 7 nitrogen and oxygen atoms in total. The predicted molar refractivity (Wildman–Crippen MR) is 108 cm³/mol. The zero-order valence-corrected chi connectivity index (χ0v) is 15.0. The van der Waals surface area contributed by atoms with Crippen molar-refractivity contribution in [3.8, 4) is 0 Å². The summed E-state index contributed by atoms with van der Waals surface area (Å²) in [5.41, 5.74) is 3.42. The van der Waals surface area contributed by atoms with Crippen molar-refractivity contribution in [2.24, 2.45) is 0 Å². The van der Waals surface area contributed by atoms with Crippen LogP contribution in [0.1, 0.15) is 16.1 Å². The number of fused-ring (bicyclic) bond motifs is 1. The van der Waals surface area contributed by atoms with Gasteiger partial charge < -0.3 is 15.7 Å². The van der Waals surface area contributed by atoms with E-state index in [1.807, 2.05) is 43.3 Å². The maximum atomic E-state index is 11.0. The molecular formula is C21H17N5O2. The van der Waals surface area contributed by atoms with Gasteiger partial charge in [-0.3, -0.25) is 4.98 Å². The second-order valence-electron chi connectivity index (χ2n) is 6.23. The third-order valence-electron chi connectivity index (χ3n) is 4.14. The SMILES string of the molecule is Cc1cc(Nc2ccc(C(=O)O)cc2)nc(Nc2cccc3cccnc23)n1. The number of pyridine rings is 1. The van der Waals surface area contributed by atoms with E-state index in [9.17, 15) is 4.79 Å². The molecule has 2 heterocycles. The lowest BCUT2D eigenvalue weighted by molar-refractivity contribution is 0.0697. The number of carboxylic acids is 1. The van der Waals surface area contributed by atoms with Crippen molar-refractivity contribution in [2.75, 3.05) is 10.6 Å². The van der Waals surface area contributed by atoms with Gasteiger partial charge in [-0.25, -0.2) is 9.78 Å². The molecule has 0 unspecified atom stereocenters. The lowest BCUT2D eigenvalue weighted by Crippen LogP contribution is -2.03. The summed E-state index contributed by atoms with van der Waals surface area (Å²) in [6.07, 6.45) is 1.75. The maximum Gasteiger partial charge on any atom is 0.335 e. The summed E-state index contributed by atoms with van der Waals surface area (Å²) in [6.45, 7) is 1.88. The number of aromatic nitrogens is 3. The fourth-order valence-electron chi connectivity index (χ4n) is 2.86. The van der Waals surface area contributed by atoms with Gasteiger partial charge in [0.25, 0.3) is 0 Å².